The second kappa shape index (κ2) is 18.3. The van der Waals surface area contributed by atoms with Crippen molar-refractivity contribution in [1.82, 2.24) is 40.4 Å². The number of rotatable bonds is 12. The average molecular weight is 885 g/mol. The number of aromatic nitrogens is 4. The van der Waals surface area contributed by atoms with E-state index in [1.807, 2.05) is 42.5 Å². The van der Waals surface area contributed by atoms with E-state index in [9.17, 15) is 19.2 Å². The lowest BCUT2D eigenvalue weighted by molar-refractivity contribution is -0.138. The highest BCUT2D eigenvalue weighted by Gasteiger charge is 2.43. The zero-order valence-corrected chi connectivity index (χ0v) is 36.9. The van der Waals surface area contributed by atoms with Crippen LogP contribution in [0, 0.1) is 5.92 Å². The molecule has 2 saturated heterocycles. The Morgan fingerprint density at radius 1 is 0.862 bits per heavy atom. The van der Waals surface area contributed by atoms with Crippen LogP contribution in [0.5, 0.6) is 5.75 Å². The largest absolute Gasteiger partial charge is 0.488 e. The fraction of sp³-hybridized carbons (Fsp3) is 0.375. The number of amides is 4. The first kappa shape index (κ1) is 43.3. The van der Waals surface area contributed by atoms with E-state index in [0.29, 0.717) is 49.9 Å². The molecule has 65 heavy (non-hydrogen) atoms. The van der Waals surface area contributed by atoms with Crippen molar-refractivity contribution in [2.24, 2.45) is 5.92 Å². The summed E-state index contributed by atoms with van der Waals surface area (Å²) in [6.07, 6.45) is 1.90. The summed E-state index contributed by atoms with van der Waals surface area (Å²) in [6, 6.07) is 21.1. The highest BCUT2D eigenvalue weighted by molar-refractivity contribution is 6.07. The molecule has 17 heteroatoms. The molecule has 0 radical (unpaired) electrons. The van der Waals surface area contributed by atoms with E-state index in [1.165, 1.54) is 21.3 Å². The first-order chi connectivity index (χ1) is 31.6. The number of imidazole rings is 2. The third kappa shape index (κ3) is 8.32. The molecule has 6 atom stereocenters. The molecule has 3 aliphatic rings. The molecule has 338 valence electrons. The Kier molecular flexibility index (Phi) is 12.2. The summed E-state index contributed by atoms with van der Waals surface area (Å²) >= 11 is 0. The number of fused-ring (bicyclic) bond motifs is 6. The van der Waals surface area contributed by atoms with Crippen LogP contribution >= 0.6 is 0 Å². The fourth-order valence-electron chi connectivity index (χ4n) is 9.54. The van der Waals surface area contributed by atoms with E-state index >= 15 is 0 Å². The number of aromatic amines is 2. The van der Waals surface area contributed by atoms with Crippen molar-refractivity contribution < 1.29 is 42.9 Å². The third-order valence-electron chi connectivity index (χ3n) is 12.9. The van der Waals surface area contributed by atoms with Gasteiger partial charge in [-0.3, -0.25) is 9.59 Å². The van der Waals surface area contributed by atoms with Gasteiger partial charge >= 0.3 is 12.2 Å². The smallest absolute Gasteiger partial charge is 0.407 e. The van der Waals surface area contributed by atoms with Crippen LogP contribution < -0.4 is 15.4 Å². The van der Waals surface area contributed by atoms with Crippen LogP contribution in [0.3, 0.4) is 0 Å². The Morgan fingerprint density at radius 2 is 1.66 bits per heavy atom. The van der Waals surface area contributed by atoms with Crippen LogP contribution in [0.25, 0.3) is 44.2 Å². The van der Waals surface area contributed by atoms with Gasteiger partial charge in [0.25, 0.3) is 5.91 Å². The first-order valence-electron chi connectivity index (χ1n) is 21.7. The van der Waals surface area contributed by atoms with E-state index in [2.05, 4.69) is 50.9 Å². The monoisotopic (exact) mass is 884 g/mol. The minimum Gasteiger partial charge on any atom is -0.488 e. The van der Waals surface area contributed by atoms with Crippen molar-refractivity contribution in [3.8, 4) is 28.1 Å². The van der Waals surface area contributed by atoms with Crippen LogP contribution in [0.1, 0.15) is 67.1 Å². The minimum absolute atomic E-state index is 0.0622. The summed E-state index contributed by atoms with van der Waals surface area (Å²) in [7, 11) is 5.66. The summed E-state index contributed by atoms with van der Waals surface area (Å²) in [5.41, 5.74) is 7.04. The topological polar surface area (TPSA) is 202 Å². The second-order valence-corrected chi connectivity index (χ2v) is 16.8. The number of carbonyl (C=O) groups excluding carboxylic acids is 4. The molecular formula is C48H52N8O9. The fourth-order valence-corrected chi connectivity index (χ4v) is 9.54. The van der Waals surface area contributed by atoms with Crippen molar-refractivity contribution in [2.75, 3.05) is 48.1 Å². The molecule has 9 rings (SSSR count). The molecule has 0 saturated carbocycles. The van der Waals surface area contributed by atoms with Gasteiger partial charge in [-0.2, -0.15) is 0 Å². The summed E-state index contributed by atoms with van der Waals surface area (Å²) in [4.78, 5) is 73.2. The van der Waals surface area contributed by atoms with Crippen molar-refractivity contribution >= 4 is 45.8 Å². The van der Waals surface area contributed by atoms with E-state index in [4.69, 9.17) is 33.7 Å². The standard InChI is InChI=1S/C48H52N8O9/c1-26(62-3)40(53-47(59)63-4)45(57)56-23-27(24-61-2)18-38(56)43-49-22-36(51-43)30-13-15-32-31(19-30)25-65-39-21-33-29(20-34(32)39)14-16-35-42(33)52-44(50-35)37-12-9-17-55(37)46(58)41(54-48(60)64-5)28-10-7-6-8-11-28/h6-8,10-11,13-16,19-22,26-27,37-38,40-41H,9,12,17-18,23-25H2,1-5H3,(H,49,51)(H,50,52)(H,53,59)(H,54,60)/t26-,27+,37+,38+,40?,41-/m1/s1. The highest BCUT2D eigenvalue weighted by Crippen LogP contribution is 2.44. The molecule has 0 aliphatic carbocycles. The Labute approximate surface area is 375 Å². The number of likely N-dealkylation sites (tertiary alicyclic amines) is 2. The number of hydrogen-bond donors (Lipinski definition) is 4. The Morgan fingerprint density at radius 3 is 2.43 bits per heavy atom. The first-order valence-corrected chi connectivity index (χ1v) is 21.7. The quantitative estimate of drug-likeness (QED) is 0.102. The van der Waals surface area contributed by atoms with Gasteiger partial charge in [0.2, 0.25) is 5.91 Å². The predicted octanol–water partition coefficient (Wildman–Crippen LogP) is 6.72. The van der Waals surface area contributed by atoms with Gasteiger partial charge < -0.3 is 54.1 Å². The van der Waals surface area contributed by atoms with Gasteiger partial charge in [-0.25, -0.2) is 19.6 Å². The van der Waals surface area contributed by atoms with E-state index in [-0.39, 0.29) is 29.8 Å². The normalized spacial score (nSPS) is 19.2. The molecule has 17 nitrogen and oxygen atoms in total. The molecule has 2 fully saturated rings. The maximum atomic E-state index is 14.1. The maximum absolute atomic E-state index is 14.1. The van der Waals surface area contributed by atoms with E-state index < -0.39 is 30.4 Å². The van der Waals surface area contributed by atoms with Crippen LogP contribution in [-0.2, 0) is 35.1 Å². The Balaban J connectivity index is 0.966. The van der Waals surface area contributed by atoms with Gasteiger partial charge in [-0.1, -0.05) is 48.5 Å². The number of nitrogens with zero attached hydrogens (tertiary/aromatic N) is 4. The van der Waals surface area contributed by atoms with Gasteiger partial charge in [0.05, 0.1) is 61.9 Å². The number of methoxy groups -OCH3 is 4. The summed E-state index contributed by atoms with van der Waals surface area (Å²) in [5, 5.41) is 7.30. The zero-order chi connectivity index (χ0) is 45.4. The van der Waals surface area contributed by atoms with Crippen molar-refractivity contribution in [3.05, 3.63) is 102 Å². The third-order valence-corrected chi connectivity index (χ3v) is 12.9. The van der Waals surface area contributed by atoms with Crippen molar-refractivity contribution in [1.29, 1.82) is 0 Å². The van der Waals surface area contributed by atoms with Crippen LogP contribution in [0.4, 0.5) is 9.59 Å². The van der Waals surface area contributed by atoms with Crippen LogP contribution in [0.15, 0.2) is 79.0 Å². The number of benzene rings is 4. The average Bonchev–Trinajstić information content (AvgIpc) is 4.18. The predicted molar refractivity (Wildman–Crippen MR) is 240 cm³/mol. The molecular weight excluding hydrogens is 833 g/mol. The lowest BCUT2D eigenvalue weighted by Crippen LogP contribution is -2.54. The van der Waals surface area contributed by atoms with Crippen LogP contribution in [-0.4, -0.2) is 114 Å². The molecule has 6 aromatic rings. The van der Waals surface area contributed by atoms with Crippen molar-refractivity contribution in [2.45, 2.75) is 63.1 Å². The Bertz CT molecular complexity index is 2760. The van der Waals surface area contributed by atoms with Crippen LogP contribution in [0.2, 0.25) is 0 Å². The van der Waals surface area contributed by atoms with E-state index in [1.54, 1.807) is 30.0 Å². The second-order valence-electron chi connectivity index (χ2n) is 16.8. The van der Waals surface area contributed by atoms with Gasteiger partial charge in [-0.15, -0.1) is 0 Å². The molecule has 4 N–H and O–H groups in total. The lowest BCUT2D eigenvalue weighted by atomic mass is 9.92. The zero-order valence-electron chi connectivity index (χ0n) is 36.9. The van der Waals surface area contributed by atoms with Gasteiger partial charge in [0, 0.05) is 44.2 Å². The molecule has 2 aromatic heterocycles. The number of nitrogens with one attached hydrogen (secondary N) is 4. The lowest BCUT2D eigenvalue weighted by Gasteiger charge is -2.30. The number of H-pyrrole nitrogens is 2. The highest BCUT2D eigenvalue weighted by atomic mass is 16.5. The van der Waals surface area contributed by atoms with Gasteiger partial charge in [0.15, 0.2) is 0 Å². The number of hydrogen-bond acceptors (Lipinski definition) is 11. The number of carbonyl (C=O) groups is 4. The van der Waals surface area contributed by atoms with E-state index in [0.717, 1.165) is 68.3 Å². The minimum atomic E-state index is -0.966. The molecule has 0 bridgehead atoms. The molecule has 3 aliphatic heterocycles. The molecule has 4 amide bonds. The molecule has 0 spiro atoms. The summed E-state index contributed by atoms with van der Waals surface area (Å²) in [5.74, 6) is 1.60. The molecule has 1 unspecified atom stereocenters. The number of ether oxygens (including phenoxy) is 5. The maximum Gasteiger partial charge on any atom is 0.407 e. The SMILES string of the molecule is COC[C@H]1C[C@@H](c2ncc(-c3ccc4c(c3)COc3cc5c(ccc6[nH]c([C@@H]7CCCN7C(=O)[C@H](NC(=O)OC)c7ccccc7)nc65)cc3-4)[nH]2)N(C(=O)C(NC(=O)OC)[C@@H](C)OC)C1. The molecule has 4 aromatic carbocycles. The van der Waals surface area contributed by atoms with Gasteiger partial charge in [-0.05, 0) is 78.1 Å². The number of alkyl carbamates (subject to hydrolysis) is 2. The summed E-state index contributed by atoms with van der Waals surface area (Å²) < 4.78 is 27.1. The Hall–Kier alpha value is -6.98. The molecule has 5 heterocycles. The van der Waals surface area contributed by atoms with Gasteiger partial charge in [0.1, 0.15) is 36.1 Å². The summed E-state index contributed by atoms with van der Waals surface area (Å²) in [6.45, 7) is 3.49. The van der Waals surface area contributed by atoms with Crippen molar-refractivity contribution in [3.63, 3.8) is 0 Å².